The van der Waals surface area contributed by atoms with Crippen LogP contribution in [0.15, 0.2) is 29.8 Å². The summed E-state index contributed by atoms with van der Waals surface area (Å²) in [6, 6.07) is 3.34. The quantitative estimate of drug-likeness (QED) is 0.458. The maximum atomic E-state index is 12.4. The number of carbonyl (C=O) groups excluding carboxylic acids is 1. The highest BCUT2D eigenvalue weighted by Gasteiger charge is 2.30. The number of urea groups is 1. The van der Waals surface area contributed by atoms with E-state index in [2.05, 4.69) is 30.7 Å². The number of rotatable bonds is 7. The lowest BCUT2D eigenvalue weighted by molar-refractivity contribution is 0.114. The van der Waals surface area contributed by atoms with Crippen LogP contribution in [0.3, 0.4) is 0 Å². The van der Waals surface area contributed by atoms with E-state index < -0.39 is 0 Å². The van der Waals surface area contributed by atoms with Gasteiger partial charge in [-0.15, -0.1) is 0 Å². The van der Waals surface area contributed by atoms with Crippen LogP contribution in [-0.4, -0.2) is 46.5 Å². The summed E-state index contributed by atoms with van der Waals surface area (Å²) in [6.07, 6.45) is 10.7. The van der Waals surface area contributed by atoms with E-state index in [-0.39, 0.29) is 24.1 Å². The molecule has 2 aromatic rings. The Hall–Kier alpha value is -3.43. The predicted molar refractivity (Wildman–Crippen MR) is 116 cm³/mol. The lowest BCUT2D eigenvalue weighted by Gasteiger charge is -2.25. The minimum Gasteiger partial charge on any atom is -0.474 e. The Bertz CT molecular complexity index is 931. The van der Waals surface area contributed by atoms with E-state index in [4.69, 9.17) is 15.3 Å². The Morgan fingerprint density at radius 3 is 2.81 bits per heavy atom. The summed E-state index contributed by atoms with van der Waals surface area (Å²) < 4.78 is 5.74. The fraction of sp³-hybridized carbons (Fsp3) is 0.476. The molecule has 4 rings (SSSR count). The van der Waals surface area contributed by atoms with Crippen LogP contribution in [-0.2, 0) is 4.84 Å². The number of nitrogen functional groups attached to an aromatic ring is 1. The zero-order valence-corrected chi connectivity index (χ0v) is 17.5. The molecule has 2 heterocycles. The molecular weight excluding hydrogens is 398 g/mol. The number of nitrogens with two attached hydrogens (primary N) is 1. The third-order valence-electron chi connectivity index (χ3n) is 5.72. The molecule has 0 aromatic carbocycles. The molecule has 0 bridgehead atoms. The van der Waals surface area contributed by atoms with Crippen LogP contribution in [0.4, 0.5) is 16.3 Å². The number of oxime groups is 1. The molecule has 0 saturated heterocycles. The number of aromatic nitrogens is 3. The van der Waals surface area contributed by atoms with Crippen molar-refractivity contribution in [3.63, 3.8) is 0 Å². The first-order valence-electron chi connectivity index (χ1n) is 10.5. The van der Waals surface area contributed by atoms with E-state index >= 15 is 0 Å². The molecular formula is C21H27N7O3. The third kappa shape index (κ3) is 5.19. The van der Waals surface area contributed by atoms with Gasteiger partial charge in [0.05, 0.1) is 29.4 Å². The van der Waals surface area contributed by atoms with E-state index in [9.17, 15) is 4.79 Å². The molecule has 2 aromatic heterocycles. The van der Waals surface area contributed by atoms with Crippen molar-refractivity contribution in [1.82, 2.24) is 20.3 Å². The summed E-state index contributed by atoms with van der Waals surface area (Å²) in [5.41, 5.74) is 8.09. The van der Waals surface area contributed by atoms with Crippen LogP contribution in [0.1, 0.15) is 55.7 Å². The second kappa shape index (κ2) is 9.59. The topological polar surface area (TPSA) is 137 Å². The second-order valence-electron chi connectivity index (χ2n) is 7.84. The second-order valence-corrected chi connectivity index (χ2v) is 7.84. The number of hydrogen-bond donors (Lipinski definition) is 3. The van der Waals surface area contributed by atoms with Crippen molar-refractivity contribution in [2.45, 2.75) is 56.6 Å². The number of anilines is 2. The number of nitrogens with zero attached hydrogens (tertiary/aromatic N) is 4. The van der Waals surface area contributed by atoms with Gasteiger partial charge in [-0.3, -0.25) is 0 Å². The maximum Gasteiger partial charge on any atom is 0.319 e. The van der Waals surface area contributed by atoms with Gasteiger partial charge in [0, 0.05) is 18.0 Å². The zero-order chi connectivity index (χ0) is 21.6. The first kappa shape index (κ1) is 20.8. The third-order valence-corrected chi connectivity index (χ3v) is 5.72. The average molecular weight is 425 g/mol. The molecule has 0 spiro atoms. The summed E-state index contributed by atoms with van der Waals surface area (Å²) in [5, 5.41) is 9.66. The Morgan fingerprint density at radius 2 is 2.10 bits per heavy atom. The Balaban J connectivity index is 1.30. The van der Waals surface area contributed by atoms with Crippen LogP contribution < -0.4 is 21.1 Å². The van der Waals surface area contributed by atoms with E-state index in [0.717, 1.165) is 37.8 Å². The van der Waals surface area contributed by atoms with Crippen LogP contribution in [0.2, 0.25) is 0 Å². The van der Waals surface area contributed by atoms with Crippen LogP contribution in [0, 0.1) is 0 Å². The lowest BCUT2D eigenvalue weighted by Crippen LogP contribution is -2.36. The number of carbonyl (C=O) groups is 1. The molecule has 2 aliphatic carbocycles. The van der Waals surface area contributed by atoms with Crippen molar-refractivity contribution >= 4 is 23.8 Å². The van der Waals surface area contributed by atoms with Gasteiger partial charge in [0.1, 0.15) is 25.4 Å². The van der Waals surface area contributed by atoms with E-state index in [1.807, 2.05) is 0 Å². The first-order chi connectivity index (χ1) is 15.1. The Labute approximate surface area is 180 Å². The number of nitrogens with one attached hydrogen (secondary N) is 2. The highest BCUT2D eigenvalue weighted by Crippen LogP contribution is 2.35. The van der Waals surface area contributed by atoms with Crippen molar-refractivity contribution in [3.05, 3.63) is 35.9 Å². The normalized spacial score (nSPS) is 20.9. The molecule has 10 heteroatoms. The molecule has 2 aliphatic rings. The molecule has 2 unspecified atom stereocenters. The van der Waals surface area contributed by atoms with Crippen molar-refractivity contribution in [1.29, 1.82) is 0 Å². The maximum absolute atomic E-state index is 12.4. The monoisotopic (exact) mass is 425 g/mol. The van der Waals surface area contributed by atoms with Gasteiger partial charge in [-0.05, 0) is 44.6 Å². The van der Waals surface area contributed by atoms with Crippen molar-refractivity contribution < 1.29 is 14.4 Å². The largest absolute Gasteiger partial charge is 0.474 e. The number of amides is 2. The fourth-order valence-electron chi connectivity index (χ4n) is 3.88. The van der Waals surface area contributed by atoms with Crippen LogP contribution >= 0.6 is 0 Å². The molecule has 10 nitrogen and oxygen atoms in total. The molecule has 2 atom stereocenters. The minimum absolute atomic E-state index is 0.0302. The first-order valence-corrected chi connectivity index (χ1v) is 10.5. The van der Waals surface area contributed by atoms with Gasteiger partial charge in [-0.25, -0.2) is 19.7 Å². The summed E-state index contributed by atoms with van der Waals surface area (Å²) in [6.45, 7) is 0. The molecule has 2 amide bonds. The molecule has 164 valence electrons. The summed E-state index contributed by atoms with van der Waals surface area (Å²) in [7, 11) is 1.47. The van der Waals surface area contributed by atoms with Crippen LogP contribution in [0.25, 0.3) is 0 Å². The van der Waals surface area contributed by atoms with Gasteiger partial charge in [-0.2, -0.15) is 0 Å². The van der Waals surface area contributed by atoms with Gasteiger partial charge in [-0.1, -0.05) is 5.16 Å². The molecule has 0 aliphatic heterocycles. The van der Waals surface area contributed by atoms with Gasteiger partial charge < -0.3 is 25.9 Å². The average Bonchev–Trinajstić information content (AvgIpc) is 3.19. The molecule has 4 N–H and O–H groups in total. The standard InChI is InChI=1S/C21H27N7O3/c1-30-26-11-17-19(24-12-25-20(17)22)13-5-6-14(9-13)27-21(29)28-15-7-8-18(23-10-15)31-16-3-2-4-16/h7-8,10-14,16H,2-6,9H2,1H3,(H2,22,24,25)(H2,27,28,29)/b26-11+. The minimum atomic E-state index is -0.261. The summed E-state index contributed by atoms with van der Waals surface area (Å²) >= 11 is 0. The number of pyridine rings is 1. The lowest BCUT2D eigenvalue weighted by atomic mass is 9.96. The predicted octanol–water partition coefficient (Wildman–Crippen LogP) is 2.82. The Morgan fingerprint density at radius 1 is 1.23 bits per heavy atom. The molecule has 2 saturated carbocycles. The van der Waals surface area contributed by atoms with E-state index in [0.29, 0.717) is 22.9 Å². The highest BCUT2D eigenvalue weighted by atomic mass is 16.6. The van der Waals surface area contributed by atoms with Gasteiger partial charge in [0.15, 0.2) is 0 Å². The highest BCUT2D eigenvalue weighted by molar-refractivity contribution is 5.89. The van der Waals surface area contributed by atoms with Crippen molar-refractivity contribution in [3.8, 4) is 5.88 Å². The number of hydrogen-bond acceptors (Lipinski definition) is 8. The molecule has 0 radical (unpaired) electrons. The van der Waals surface area contributed by atoms with E-state index in [1.165, 1.54) is 26.1 Å². The summed E-state index contributed by atoms with van der Waals surface area (Å²) in [5.74, 6) is 1.10. The van der Waals surface area contributed by atoms with Gasteiger partial charge in [0.2, 0.25) is 5.88 Å². The Kier molecular flexibility index (Phi) is 6.44. The van der Waals surface area contributed by atoms with Gasteiger partial charge in [0.25, 0.3) is 0 Å². The van der Waals surface area contributed by atoms with Crippen LogP contribution in [0.5, 0.6) is 5.88 Å². The smallest absolute Gasteiger partial charge is 0.319 e. The SMILES string of the molecule is CO/N=C/c1c(N)ncnc1C1CCC(NC(=O)Nc2ccc(OC3CCC3)nc2)C1. The molecule has 31 heavy (non-hydrogen) atoms. The fourth-order valence-corrected chi connectivity index (χ4v) is 3.88. The molecule has 2 fully saturated rings. The van der Waals surface area contributed by atoms with Crippen molar-refractivity contribution in [2.75, 3.05) is 18.2 Å². The van der Waals surface area contributed by atoms with E-state index in [1.54, 1.807) is 18.3 Å². The van der Waals surface area contributed by atoms with Gasteiger partial charge >= 0.3 is 6.03 Å². The zero-order valence-electron chi connectivity index (χ0n) is 17.5. The van der Waals surface area contributed by atoms with Crippen molar-refractivity contribution in [2.24, 2.45) is 5.16 Å². The summed E-state index contributed by atoms with van der Waals surface area (Å²) in [4.78, 5) is 29.9. The number of ether oxygens (including phenoxy) is 1.